The van der Waals surface area contributed by atoms with Crippen LogP contribution in [-0.4, -0.2) is 43.8 Å². The molecular weight excluding hydrogens is 248 g/mol. The summed E-state index contributed by atoms with van der Waals surface area (Å²) in [4.78, 5) is 2.59. The van der Waals surface area contributed by atoms with E-state index in [9.17, 15) is 0 Å². The molecule has 0 radical (unpaired) electrons. The van der Waals surface area contributed by atoms with Crippen molar-refractivity contribution < 1.29 is 4.74 Å². The summed E-state index contributed by atoms with van der Waals surface area (Å²) in [6.07, 6.45) is 3.70. The van der Waals surface area contributed by atoms with Gasteiger partial charge >= 0.3 is 0 Å². The van der Waals surface area contributed by atoms with E-state index in [1.54, 1.807) is 0 Å². The monoisotopic (exact) mass is 274 g/mol. The van der Waals surface area contributed by atoms with Gasteiger partial charge in [0.2, 0.25) is 0 Å². The van der Waals surface area contributed by atoms with Gasteiger partial charge in [-0.3, -0.25) is 4.90 Å². The van der Waals surface area contributed by atoms with E-state index in [-0.39, 0.29) is 0 Å². The van der Waals surface area contributed by atoms with Gasteiger partial charge in [-0.1, -0.05) is 30.3 Å². The second kappa shape index (κ2) is 7.21. The first-order valence-electron chi connectivity index (χ1n) is 7.97. The molecule has 0 aliphatic carbocycles. The van der Waals surface area contributed by atoms with Crippen LogP contribution in [0.3, 0.4) is 0 Å². The summed E-state index contributed by atoms with van der Waals surface area (Å²) in [7, 11) is 0. The Morgan fingerprint density at radius 1 is 1.10 bits per heavy atom. The van der Waals surface area contributed by atoms with E-state index in [1.807, 2.05) is 0 Å². The Kier molecular flexibility index (Phi) is 5.06. The zero-order chi connectivity index (χ0) is 13.6. The van der Waals surface area contributed by atoms with E-state index in [1.165, 1.54) is 44.5 Å². The average Bonchev–Trinajstić information content (AvgIpc) is 2.95. The van der Waals surface area contributed by atoms with E-state index in [2.05, 4.69) is 40.5 Å². The van der Waals surface area contributed by atoms with Gasteiger partial charge < -0.3 is 10.1 Å². The van der Waals surface area contributed by atoms with E-state index in [0.29, 0.717) is 6.04 Å². The summed E-state index contributed by atoms with van der Waals surface area (Å²) in [5.41, 5.74) is 1.44. The van der Waals surface area contributed by atoms with Gasteiger partial charge in [-0.25, -0.2) is 0 Å². The number of benzene rings is 1. The quantitative estimate of drug-likeness (QED) is 0.891. The Morgan fingerprint density at radius 3 is 2.70 bits per heavy atom. The van der Waals surface area contributed by atoms with Gasteiger partial charge in [0.15, 0.2) is 0 Å². The molecule has 2 fully saturated rings. The minimum Gasteiger partial charge on any atom is -0.381 e. The Bertz CT molecular complexity index is 389. The van der Waals surface area contributed by atoms with Gasteiger partial charge in [0.1, 0.15) is 0 Å². The lowest BCUT2D eigenvalue weighted by molar-refractivity contribution is 0.0770. The standard InChI is InChI=1S/C17H26N2O/c1-2-4-15(5-3-1)13-19-9-6-16(14-19)12-18-17-7-10-20-11-8-17/h1-5,16-18H,6-14H2. The first-order chi connectivity index (χ1) is 9.90. The summed E-state index contributed by atoms with van der Waals surface area (Å²) in [5, 5.41) is 3.74. The van der Waals surface area contributed by atoms with Crippen LogP contribution in [0.1, 0.15) is 24.8 Å². The van der Waals surface area contributed by atoms with Crippen molar-refractivity contribution in [3.63, 3.8) is 0 Å². The van der Waals surface area contributed by atoms with Crippen LogP contribution in [-0.2, 0) is 11.3 Å². The zero-order valence-electron chi connectivity index (χ0n) is 12.3. The number of hydrogen-bond acceptors (Lipinski definition) is 3. The highest BCUT2D eigenvalue weighted by atomic mass is 16.5. The van der Waals surface area contributed by atoms with Crippen LogP contribution in [0.4, 0.5) is 0 Å². The van der Waals surface area contributed by atoms with Crippen LogP contribution in [0.25, 0.3) is 0 Å². The van der Waals surface area contributed by atoms with Crippen LogP contribution >= 0.6 is 0 Å². The third-order valence-corrected chi connectivity index (χ3v) is 4.54. The first-order valence-corrected chi connectivity index (χ1v) is 7.97. The fourth-order valence-corrected chi connectivity index (χ4v) is 3.30. The molecule has 2 aliphatic rings. The number of rotatable bonds is 5. The summed E-state index contributed by atoms with van der Waals surface area (Å²) in [6.45, 7) is 6.63. The number of nitrogens with zero attached hydrogens (tertiary/aromatic N) is 1. The van der Waals surface area contributed by atoms with Crippen molar-refractivity contribution >= 4 is 0 Å². The minimum absolute atomic E-state index is 0.687. The lowest BCUT2D eigenvalue weighted by Crippen LogP contribution is -2.38. The van der Waals surface area contributed by atoms with E-state index < -0.39 is 0 Å². The lowest BCUT2D eigenvalue weighted by atomic mass is 10.1. The smallest absolute Gasteiger partial charge is 0.0480 e. The predicted molar refractivity (Wildman–Crippen MR) is 81.7 cm³/mol. The first kappa shape index (κ1) is 14.1. The van der Waals surface area contributed by atoms with Gasteiger partial charge in [-0.2, -0.15) is 0 Å². The third-order valence-electron chi connectivity index (χ3n) is 4.54. The van der Waals surface area contributed by atoms with Crippen molar-refractivity contribution in [1.29, 1.82) is 0 Å². The van der Waals surface area contributed by atoms with Crippen LogP contribution in [0.15, 0.2) is 30.3 Å². The molecule has 2 saturated heterocycles. The molecule has 3 rings (SSSR count). The molecule has 1 aromatic rings. The van der Waals surface area contributed by atoms with Crippen molar-refractivity contribution in [2.75, 3.05) is 32.8 Å². The SMILES string of the molecule is c1ccc(CN2CCC(CNC3CCOCC3)C2)cc1. The Morgan fingerprint density at radius 2 is 1.90 bits per heavy atom. The molecule has 3 heteroatoms. The lowest BCUT2D eigenvalue weighted by Gasteiger charge is -2.25. The van der Waals surface area contributed by atoms with Gasteiger partial charge in [0.25, 0.3) is 0 Å². The molecule has 1 atom stereocenters. The van der Waals surface area contributed by atoms with Crippen LogP contribution in [0.5, 0.6) is 0 Å². The van der Waals surface area contributed by atoms with Crippen molar-refractivity contribution in [3.8, 4) is 0 Å². The maximum absolute atomic E-state index is 5.41. The molecule has 1 unspecified atom stereocenters. The van der Waals surface area contributed by atoms with Crippen molar-refractivity contribution in [3.05, 3.63) is 35.9 Å². The van der Waals surface area contributed by atoms with Gasteiger partial charge in [0.05, 0.1) is 0 Å². The fraction of sp³-hybridized carbons (Fsp3) is 0.647. The molecule has 0 aromatic heterocycles. The molecule has 2 aliphatic heterocycles. The molecule has 0 bridgehead atoms. The molecular formula is C17H26N2O. The third kappa shape index (κ3) is 4.05. The fourth-order valence-electron chi connectivity index (χ4n) is 3.30. The van der Waals surface area contributed by atoms with Crippen molar-refractivity contribution in [1.82, 2.24) is 10.2 Å². The number of ether oxygens (including phenoxy) is 1. The Hall–Kier alpha value is -0.900. The number of nitrogens with one attached hydrogen (secondary N) is 1. The summed E-state index contributed by atoms with van der Waals surface area (Å²) < 4.78 is 5.41. The molecule has 1 N–H and O–H groups in total. The molecule has 110 valence electrons. The normalized spacial score (nSPS) is 25.1. The molecule has 1 aromatic carbocycles. The van der Waals surface area contributed by atoms with E-state index in [4.69, 9.17) is 4.74 Å². The molecule has 0 amide bonds. The molecule has 2 heterocycles. The minimum atomic E-state index is 0.687. The largest absolute Gasteiger partial charge is 0.381 e. The molecule has 3 nitrogen and oxygen atoms in total. The van der Waals surface area contributed by atoms with Crippen LogP contribution < -0.4 is 5.32 Å². The van der Waals surface area contributed by atoms with Crippen molar-refractivity contribution in [2.45, 2.75) is 31.8 Å². The summed E-state index contributed by atoms with van der Waals surface area (Å²) in [5.74, 6) is 0.821. The highest BCUT2D eigenvalue weighted by Gasteiger charge is 2.23. The summed E-state index contributed by atoms with van der Waals surface area (Å²) in [6, 6.07) is 11.5. The van der Waals surface area contributed by atoms with Gasteiger partial charge in [-0.05, 0) is 43.8 Å². The van der Waals surface area contributed by atoms with Crippen molar-refractivity contribution in [2.24, 2.45) is 5.92 Å². The summed E-state index contributed by atoms with van der Waals surface area (Å²) >= 11 is 0. The second-order valence-corrected chi connectivity index (χ2v) is 6.17. The van der Waals surface area contributed by atoms with Gasteiger partial charge in [-0.15, -0.1) is 0 Å². The van der Waals surface area contributed by atoms with Gasteiger partial charge in [0, 0.05) is 32.3 Å². The topological polar surface area (TPSA) is 24.5 Å². The maximum Gasteiger partial charge on any atom is 0.0480 e. The average molecular weight is 274 g/mol. The molecule has 20 heavy (non-hydrogen) atoms. The maximum atomic E-state index is 5.41. The number of hydrogen-bond donors (Lipinski definition) is 1. The van der Waals surface area contributed by atoms with E-state index >= 15 is 0 Å². The second-order valence-electron chi connectivity index (χ2n) is 6.17. The van der Waals surface area contributed by atoms with Crippen LogP contribution in [0.2, 0.25) is 0 Å². The van der Waals surface area contributed by atoms with E-state index in [0.717, 1.165) is 25.7 Å². The molecule has 0 saturated carbocycles. The highest BCUT2D eigenvalue weighted by molar-refractivity contribution is 5.14. The molecule has 0 spiro atoms. The zero-order valence-corrected chi connectivity index (χ0v) is 12.3. The predicted octanol–water partition coefficient (Wildman–Crippen LogP) is 2.28. The highest BCUT2D eigenvalue weighted by Crippen LogP contribution is 2.18. The Balaban J connectivity index is 1.38. The Labute approximate surface area is 122 Å². The van der Waals surface area contributed by atoms with Crippen LogP contribution in [0, 0.1) is 5.92 Å². The number of likely N-dealkylation sites (tertiary alicyclic amines) is 1.